The number of benzene rings is 4. The van der Waals surface area contributed by atoms with Crippen molar-refractivity contribution in [3.8, 4) is 5.75 Å². The maximum atomic E-state index is 13.0. The van der Waals surface area contributed by atoms with Gasteiger partial charge in [-0.3, -0.25) is 13.9 Å². The first-order valence-corrected chi connectivity index (χ1v) is 12.9. The summed E-state index contributed by atoms with van der Waals surface area (Å²) in [6.45, 7) is 0. The maximum absolute atomic E-state index is 13.0. The van der Waals surface area contributed by atoms with Crippen molar-refractivity contribution in [1.29, 1.82) is 0 Å². The van der Waals surface area contributed by atoms with Gasteiger partial charge in [-0.25, -0.2) is 0 Å². The highest BCUT2D eigenvalue weighted by Gasteiger charge is 2.19. The van der Waals surface area contributed by atoms with Crippen molar-refractivity contribution < 1.29 is 35.8 Å². The lowest BCUT2D eigenvalue weighted by atomic mass is 10.0. The number of fused-ring (bicyclic) bond motifs is 1. The molecule has 0 aliphatic rings. The number of hydrogen-bond acceptors (Lipinski definition) is 8. The zero-order valence-corrected chi connectivity index (χ0v) is 19.7. The molecule has 4 rings (SSSR count). The van der Waals surface area contributed by atoms with Crippen LogP contribution < -0.4 is 5.32 Å². The molecule has 0 radical (unpaired) electrons. The van der Waals surface area contributed by atoms with Crippen LogP contribution in [0.15, 0.2) is 98.9 Å². The van der Waals surface area contributed by atoms with Crippen molar-refractivity contribution in [3.05, 3.63) is 84.4 Å². The molecule has 0 saturated carbocycles. The van der Waals surface area contributed by atoms with Gasteiger partial charge in [0.05, 0.1) is 21.0 Å². The van der Waals surface area contributed by atoms with Crippen molar-refractivity contribution in [1.82, 2.24) is 0 Å². The van der Waals surface area contributed by atoms with Crippen molar-refractivity contribution >= 4 is 54.0 Å². The van der Waals surface area contributed by atoms with Crippen molar-refractivity contribution in [2.24, 2.45) is 10.2 Å². The molecule has 184 valence electrons. The van der Waals surface area contributed by atoms with Gasteiger partial charge in [-0.1, -0.05) is 30.3 Å². The molecule has 0 aliphatic heterocycles. The highest BCUT2D eigenvalue weighted by molar-refractivity contribution is 7.86. The summed E-state index contributed by atoms with van der Waals surface area (Å²) >= 11 is 0. The number of carbonyl (C=O) groups excluding carboxylic acids is 1. The van der Waals surface area contributed by atoms with Gasteiger partial charge >= 0.3 is 0 Å². The van der Waals surface area contributed by atoms with E-state index in [9.17, 15) is 31.3 Å². The summed E-state index contributed by atoms with van der Waals surface area (Å²) in [5.41, 5.74) is 0.0537. The van der Waals surface area contributed by atoms with E-state index in [-0.39, 0.29) is 27.5 Å². The molecule has 36 heavy (non-hydrogen) atoms. The Bertz CT molecular complexity index is 1730. The van der Waals surface area contributed by atoms with E-state index in [0.29, 0.717) is 10.8 Å². The summed E-state index contributed by atoms with van der Waals surface area (Å²) in [5, 5.41) is 22.4. The van der Waals surface area contributed by atoms with Gasteiger partial charge in [0.25, 0.3) is 26.1 Å². The van der Waals surface area contributed by atoms with Gasteiger partial charge in [-0.05, 0) is 53.9 Å². The minimum absolute atomic E-state index is 0.0382. The highest BCUT2D eigenvalue weighted by atomic mass is 32.2. The van der Waals surface area contributed by atoms with Gasteiger partial charge in [0.15, 0.2) is 5.75 Å². The standard InChI is InChI=1S/C23H17N3O8S2/c27-22-20(23(28)24-16-5-3-6-18(13-16)36(32,33)34)12-14-4-1-2-7-19(14)21(22)26-25-15-8-10-17(11-9-15)35(29,30)31/h1-13,27H,(H,24,28)(H,29,30,31)(H,32,33,34)/b26-25+. The van der Waals surface area contributed by atoms with E-state index in [2.05, 4.69) is 15.5 Å². The number of azo groups is 1. The molecule has 0 atom stereocenters. The Morgan fingerprint density at radius 1 is 0.750 bits per heavy atom. The van der Waals surface area contributed by atoms with Gasteiger partial charge in [0.2, 0.25) is 0 Å². The summed E-state index contributed by atoms with van der Waals surface area (Å²) in [6.07, 6.45) is 0. The smallest absolute Gasteiger partial charge is 0.294 e. The fourth-order valence-electron chi connectivity index (χ4n) is 3.32. The number of phenolic OH excluding ortho intramolecular Hbond substituents is 1. The van der Waals surface area contributed by atoms with Gasteiger partial charge < -0.3 is 10.4 Å². The first-order valence-electron chi connectivity index (χ1n) is 10.1. The quantitative estimate of drug-likeness (QED) is 0.205. The molecule has 4 aromatic rings. The third-order valence-corrected chi connectivity index (χ3v) is 6.75. The van der Waals surface area contributed by atoms with E-state index in [1.807, 2.05) is 0 Å². The number of anilines is 1. The summed E-state index contributed by atoms with van der Waals surface area (Å²) in [4.78, 5) is 12.2. The SMILES string of the molecule is O=C(Nc1cccc(S(=O)(=O)O)c1)c1cc2ccccc2c(/N=N/c2ccc(S(=O)(=O)O)cc2)c1O. The molecular weight excluding hydrogens is 510 g/mol. The monoisotopic (exact) mass is 527 g/mol. The number of nitrogens with one attached hydrogen (secondary N) is 1. The summed E-state index contributed by atoms with van der Waals surface area (Å²) < 4.78 is 63.5. The molecule has 0 saturated heterocycles. The van der Waals surface area contributed by atoms with E-state index in [1.165, 1.54) is 30.3 Å². The molecule has 0 spiro atoms. The van der Waals surface area contributed by atoms with Crippen molar-refractivity contribution in [3.63, 3.8) is 0 Å². The number of carbonyl (C=O) groups is 1. The molecule has 4 N–H and O–H groups in total. The Hall–Kier alpha value is -4.17. The fraction of sp³-hybridized carbons (Fsp3) is 0. The third kappa shape index (κ3) is 5.39. The van der Waals surface area contributed by atoms with E-state index >= 15 is 0 Å². The lowest BCUT2D eigenvalue weighted by Gasteiger charge is -2.11. The maximum Gasteiger partial charge on any atom is 0.294 e. The molecule has 0 fully saturated rings. The van der Waals surface area contributed by atoms with Gasteiger partial charge in [0, 0.05) is 11.1 Å². The van der Waals surface area contributed by atoms with Crippen LogP contribution in [0.4, 0.5) is 17.1 Å². The van der Waals surface area contributed by atoms with Crippen LogP contribution in [0.2, 0.25) is 0 Å². The van der Waals surface area contributed by atoms with Gasteiger partial charge in [-0.15, -0.1) is 5.11 Å². The number of hydrogen-bond donors (Lipinski definition) is 4. The van der Waals surface area contributed by atoms with Gasteiger partial charge in [0.1, 0.15) is 5.69 Å². The Kier molecular flexibility index (Phi) is 6.56. The number of rotatable bonds is 6. The second-order valence-electron chi connectivity index (χ2n) is 7.47. The van der Waals surface area contributed by atoms with Crippen LogP contribution in [0.5, 0.6) is 5.75 Å². The Morgan fingerprint density at radius 3 is 2.08 bits per heavy atom. The van der Waals surface area contributed by atoms with Crippen LogP contribution in [0.25, 0.3) is 10.8 Å². The average molecular weight is 528 g/mol. The molecule has 0 bridgehead atoms. The van der Waals surface area contributed by atoms with Crippen LogP contribution in [0.3, 0.4) is 0 Å². The minimum atomic E-state index is -4.49. The molecule has 0 aliphatic carbocycles. The molecule has 11 nitrogen and oxygen atoms in total. The molecule has 13 heteroatoms. The highest BCUT2D eigenvalue weighted by Crippen LogP contribution is 2.39. The topological polar surface area (TPSA) is 183 Å². The second kappa shape index (κ2) is 9.47. The third-order valence-electron chi connectivity index (χ3n) is 5.03. The Balaban J connectivity index is 1.73. The van der Waals surface area contributed by atoms with Crippen molar-refractivity contribution in [2.75, 3.05) is 5.32 Å². The largest absolute Gasteiger partial charge is 0.505 e. The van der Waals surface area contributed by atoms with Crippen LogP contribution >= 0.6 is 0 Å². The molecular formula is C23H17N3O8S2. The molecule has 4 aromatic carbocycles. The summed E-state index contributed by atoms with van der Waals surface area (Å²) in [5.74, 6) is -1.28. The normalized spacial score (nSPS) is 12.2. The predicted octanol–water partition coefficient (Wildman–Crippen LogP) is 4.71. The van der Waals surface area contributed by atoms with Gasteiger partial charge in [-0.2, -0.15) is 21.9 Å². The Morgan fingerprint density at radius 2 is 1.42 bits per heavy atom. The first kappa shape index (κ1) is 24.9. The Labute approximate surface area is 205 Å². The number of aromatic hydroxyl groups is 1. The zero-order chi connectivity index (χ0) is 26.1. The lowest BCUT2D eigenvalue weighted by Crippen LogP contribution is -2.12. The molecule has 0 unspecified atom stereocenters. The number of phenols is 1. The van der Waals surface area contributed by atoms with E-state index in [0.717, 1.165) is 24.3 Å². The molecule has 0 aromatic heterocycles. The zero-order valence-electron chi connectivity index (χ0n) is 18.1. The number of amides is 1. The molecule has 1 amide bonds. The van der Waals surface area contributed by atoms with E-state index in [1.54, 1.807) is 24.3 Å². The number of nitrogens with zero attached hydrogens (tertiary/aromatic N) is 2. The van der Waals surface area contributed by atoms with E-state index in [4.69, 9.17) is 4.55 Å². The van der Waals surface area contributed by atoms with Crippen LogP contribution in [-0.2, 0) is 20.2 Å². The van der Waals surface area contributed by atoms with E-state index < -0.39 is 36.8 Å². The van der Waals surface area contributed by atoms with Crippen LogP contribution in [-0.4, -0.2) is 37.0 Å². The first-order chi connectivity index (χ1) is 16.9. The average Bonchev–Trinajstić information content (AvgIpc) is 2.82. The predicted molar refractivity (Wildman–Crippen MR) is 130 cm³/mol. The summed E-state index contributed by atoms with van der Waals surface area (Å²) in [7, 11) is -8.87. The van der Waals surface area contributed by atoms with Crippen molar-refractivity contribution in [2.45, 2.75) is 9.79 Å². The fourth-order valence-corrected chi connectivity index (χ4v) is 4.32. The second-order valence-corrected chi connectivity index (χ2v) is 10.3. The molecule has 0 heterocycles. The minimum Gasteiger partial charge on any atom is -0.505 e. The summed E-state index contributed by atoms with van der Waals surface area (Å²) in [6, 6.07) is 18.0. The van der Waals surface area contributed by atoms with Crippen LogP contribution in [0.1, 0.15) is 10.4 Å². The van der Waals surface area contributed by atoms with Crippen LogP contribution in [0, 0.1) is 0 Å². The lowest BCUT2D eigenvalue weighted by molar-refractivity contribution is 0.102.